The molecular formula is C24H24N2O4. The van der Waals surface area contributed by atoms with E-state index in [1.165, 1.54) is 12.1 Å². The molecule has 6 heteroatoms. The first-order chi connectivity index (χ1) is 14.2. The van der Waals surface area contributed by atoms with Crippen molar-refractivity contribution >= 4 is 23.2 Å². The van der Waals surface area contributed by atoms with E-state index >= 15 is 0 Å². The first kappa shape index (κ1) is 20.9. The molecule has 3 rings (SSSR count). The maximum atomic E-state index is 12.8. The van der Waals surface area contributed by atoms with Gasteiger partial charge < -0.3 is 20.8 Å². The number of phenols is 2. The summed E-state index contributed by atoms with van der Waals surface area (Å²) in [6.45, 7) is 7.21. The average molecular weight is 404 g/mol. The van der Waals surface area contributed by atoms with Crippen LogP contribution in [0.1, 0.15) is 43.0 Å². The van der Waals surface area contributed by atoms with Gasteiger partial charge >= 0.3 is 0 Å². The molecule has 0 aliphatic carbocycles. The average Bonchev–Trinajstić information content (AvgIpc) is 2.69. The van der Waals surface area contributed by atoms with Gasteiger partial charge in [0.25, 0.3) is 11.8 Å². The van der Waals surface area contributed by atoms with E-state index in [0.717, 1.165) is 11.1 Å². The summed E-state index contributed by atoms with van der Waals surface area (Å²) in [5.74, 6) is -1.16. The molecule has 4 N–H and O–H groups in total. The van der Waals surface area contributed by atoms with Crippen LogP contribution in [-0.2, 0) is 0 Å². The van der Waals surface area contributed by atoms with Crippen LogP contribution in [0, 0.1) is 27.7 Å². The number of aromatic hydroxyl groups is 2. The number of para-hydroxylation sites is 2. The molecule has 0 unspecified atom stereocenters. The Kier molecular flexibility index (Phi) is 5.78. The third kappa shape index (κ3) is 4.12. The molecular weight excluding hydrogens is 380 g/mol. The van der Waals surface area contributed by atoms with Crippen LogP contribution >= 0.6 is 0 Å². The summed E-state index contributed by atoms with van der Waals surface area (Å²) in [5, 5.41) is 26.0. The third-order valence-corrected chi connectivity index (χ3v) is 5.10. The van der Waals surface area contributed by atoms with Gasteiger partial charge in [-0.25, -0.2) is 0 Å². The van der Waals surface area contributed by atoms with Crippen molar-refractivity contribution in [2.45, 2.75) is 27.7 Å². The minimum Gasteiger partial charge on any atom is -0.507 e. The van der Waals surface area contributed by atoms with Crippen molar-refractivity contribution in [1.29, 1.82) is 0 Å². The van der Waals surface area contributed by atoms with Crippen LogP contribution in [0.25, 0.3) is 0 Å². The number of nitrogens with one attached hydrogen (secondary N) is 2. The zero-order valence-electron chi connectivity index (χ0n) is 17.3. The number of phenolic OH excluding ortho intramolecular Hbond substituents is 2. The van der Waals surface area contributed by atoms with Gasteiger partial charge in [0.1, 0.15) is 11.5 Å². The van der Waals surface area contributed by atoms with E-state index in [-0.39, 0.29) is 22.6 Å². The number of rotatable bonds is 4. The monoisotopic (exact) mass is 404 g/mol. The fraction of sp³-hybridized carbons (Fsp3) is 0.167. The van der Waals surface area contributed by atoms with Crippen LogP contribution in [0.3, 0.4) is 0 Å². The number of carbonyl (C=O) groups excluding carboxylic acids is 2. The molecule has 3 aromatic rings. The summed E-state index contributed by atoms with van der Waals surface area (Å²) in [6.07, 6.45) is 0. The molecule has 6 nitrogen and oxygen atoms in total. The number of benzene rings is 3. The normalized spacial score (nSPS) is 10.5. The minimum absolute atomic E-state index is 0.0888. The molecule has 0 fully saturated rings. The first-order valence-corrected chi connectivity index (χ1v) is 9.50. The summed E-state index contributed by atoms with van der Waals surface area (Å²) in [7, 11) is 0. The Morgan fingerprint density at radius 3 is 1.37 bits per heavy atom. The molecule has 0 saturated heterocycles. The van der Waals surface area contributed by atoms with Crippen molar-refractivity contribution < 1.29 is 19.8 Å². The van der Waals surface area contributed by atoms with Gasteiger partial charge in [0.05, 0.1) is 22.5 Å². The molecule has 3 aromatic carbocycles. The molecule has 0 bridgehead atoms. The van der Waals surface area contributed by atoms with Crippen LogP contribution in [0.4, 0.5) is 11.4 Å². The summed E-state index contributed by atoms with van der Waals surface area (Å²) in [6, 6.07) is 13.4. The second-order valence-corrected chi connectivity index (χ2v) is 7.33. The number of amides is 2. The zero-order chi connectivity index (χ0) is 22.0. The molecule has 0 aliphatic heterocycles. The van der Waals surface area contributed by atoms with Gasteiger partial charge in [-0.1, -0.05) is 24.3 Å². The summed E-state index contributed by atoms with van der Waals surface area (Å²) < 4.78 is 0. The van der Waals surface area contributed by atoms with Crippen LogP contribution in [0.5, 0.6) is 11.5 Å². The topological polar surface area (TPSA) is 98.7 Å². The molecule has 30 heavy (non-hydrogen) atoms. The molecule has 0 aliphatic rings. The summed E-state index contributed by atoms with van der Waals surface area (Å²) in [4.78, 5) is 25.5. The lowest BCUT2D eigenvalue weighted by Crippen LogP contribution is -2.17. The number of carbonyl (C=O) groups is 2. The summed E-state index contributed by atoms with van der Waals surface area (Å²) in [5.41, 5.74) is 4.10. The Morgan fingerprint density at radius 1 is 0.633 bits per heavy atom. The Hall–Kier alpha value is -3.80. The van der Waals surface area contributed by atoms with Crippen LogP contribution in [0.15, 0.2) is 48.5 Å². The standard InChI is InChI=1S/C24H24N2O4/c1-13-7-5-9-17(21(13)27)23(29)25-19-11-15(3)16(4)12-20(19)26-24(30)18-10-6-8-14(2)22(18)28/h5-12,27-28H,1-4H3,(H,25,29)(H,26,30). The fourth-order valence-corrected chi connectivity index (χ4v) is 3.09. The van der Waals surface area contributed by atoms with Crippen LogP contribution in [-0.4, -0.2) is 22.0 Å². The first-order valence-electron chi connectivity index (χ1n) is 9.50. The Bertz CT molecular complexity index is 1060. The molecule has 0 spiro atoms. The fourth-order valence-electron chi connectivity index (χ4n) is 3.09. The number of aryl methyl sites for hydroxylation is 4. The lowest BCUT2D eigenvalue weighted by Gasteiger charge is -2.16. The second kappa shape index (κ2) is 8.29. The quantitative estimate of drug-likeness (QED) is 0.500. The van der Waals surface area contributed by atoms with E-state index in [1.807, 2.05) is 13.8 Å². The van der Waals surface area contributed by atoms with Gasteiger partial charge in [0, 0.05) is 0 Å². The Morgan fingerprint density at radius 2 is 1.00 bits per heavy atom. The van der Waals surface area contributed by atoms with Gasteiger partial charge in [-0.05, 0) is 74.2 Å². The van der Waals surface area contributed by atoms with Gasteiger partial charge in [-0.2, -0.15) is 0 Å². The Balaban J connectivity index is 1.95. The molecule has 0 radical (unpaired) electrons. The lowest BCUT2D eigenvalue weighted by atomic mass is 10.1. The molecule has 0 heterocycles. The second-order valence-electron chi connectivity index (χ2n) is 7.33. The molecule has 0 atom stereocenters. The zero-order valence-corrected chi connectivity index (χ0v) is 17.3. The highest BCUT2D eigenvalue weighted by atomic mass is 16.3. The molecule has 154 valence electrons. The van der Waals surface area contributed by atoms with Crippen molar-refractivity contribution in [1.82, 2.24) is 0 Å². The molecule has 0 aromatic heterocycles. The van der Waals surface area contributed by atoms with E-state index in [0.29, 0.717) is 22.5 Å². The summed E-state index contributed by atoms with van der Waals surface area (Å²) >= 11 is 0. The van der Waals surface area contributed by atoms with E-state index in [2.05, 4.69) is 10.6 Å². The van der Waals surface area contributed by atoms with E-state index in [4.69, 9.17) is 0 Å². The Labute approximate surface area is 175 Å². The van der Waals surface area contributed by atoms with E-state index in [9.17, 15) is 19.8 Å². The van der Waals surface area contributed by atoms with Crippen molar-refractivity contribution in [2.75, 3.05) is 10.6 Å². The minimum atomic E-state index is -0.492. The van der Waals surface area contributed by atoms with Crippen molar-refractivity contribution in [3.63, 3.8) is 0 Å². The lowest BCUT2D eigenvalue weighted by molar-refractivity contribution is 0.101. The van der Waals surface area contributed by atoms with Gasteiger partial charge in [0.15, 0.2) is 0 Å². The molecule has 0 saturated carbocycles. The predicted octanol–water partition coefficient (Wildman–Crippen LogP) is 4.84. The maximum absolute atomic E-state index is 12.8. The predicted molar refractivity (Wildman–Crippen MR) is 118 cm³/mol. The highest BCUT2D eigenvalue weighted by molar-refractivity contribution is 6.11. The van der Waals surface area contributed by atoms with Crippen LogP contribution < -0.4 is 10.6 Å². The number of anilines is 2. The SMILES string of the molecule is Cc1cc(NC(=O)c2cccc(C)c2O)c(NC(=O)c2cccc(C)c2O)cc1C. The highest BCUT2D eigenvalue weighted by Crippen LogP contribution is 2.30. The maximum Gasteiger partial charge on any atom is 0.259 e. The largest absolute Gasteiger partial charge is 0.507 e. The number of hydrogen-bond acceptors (Lipinski definition) is 4. The van der Waals surface area contributed by atoms with Gasteiger partial charge in [0.2, 0.25) is 0 Å². The number of hydrogen-bond donors (Lipinski definition) is 4. The third-order valence-electron chi connectivity index (χ3n) is 5.10. The van der Waals surface area contributed by atoms with Crippen LogP contribution in [0.2, 0.25) is 0 Å². The molecule has 2 amide bonds. The van der Waals surface area contributed by atoms with E-state index in [1.54, 1.807) is 50.2 Å². The van der Waals surface area contributed by atoms with Crippen molar-refractivity contribution in [2.24, 2.45) is 0 Å². The van der Waals surface area contributed by atoms with Gasteiger partial charge in [-0.15, -0.1) is 0 Å². The smallest absolute Gasteiger partial charge is 0.259 e. The highest BCUT2D eigenvalue weighted by Gasteiger charge is 2.18. The van der Waals surface area contributed by atoms with Crippen molar-refractivity contribution in [3.05, 3.63) is 81.9 Å². The van der Waals surface area contributed by atoms with E-state index < -0.39 is 11.8 Å². The van der Waals surface area contributed by atoms with Gasteiger partial charge in [-0.3, -0.25) is 9.59 Å². The van der Waals surface area contributed by atoms with Crippen molar-refractivity contribution in [3.8, 4) is 11.5 Å².